The number of sulfonamides is 1. The zero-order chi connectivity index (χ0) is 19.6. The number of nitrogens with zero attached hydrogens (tertiary/aromatic N) is 1. The van der Waals surface area contributed by atoms with Crippen LogP contribution in [0.15, 0.2) is 59.6 Å². The zero-order valence-electron chi connectivity index (χ0n) is 13.5. The normalized spacial score (nSPS) is 11.3. The van der Waals surface area contributed by atoms with E-state index in [4.69, 9.17) is 0 Å². The third-order valence-electron chi connectivity index (χ3n) is 3.70. The van der Waals surface area contributed by atoms with Crippen LogP contribution in [-0.4, -0.2) is 30.0 Å². The standard InChI is InChI=1S/C16H12N4O6S/c21-15(13-9-17-14-4-2-1-3-12(13)14)16(22)18-19-27(25,26)11-7-5-10(6-8-11)20(23)24/h1-9,17,19H,(H,18,22). The molecule has 1 amide bonds. The zero-order valence-corrected chi connectivity index (χ0v) is 14.3. The molecule has 0 fully saturated rings. The van der Waals surface area contributed by atoms with Crippen LogP contribution in [0.5, 0.6) is 0 Å². The van der Waals surface area contributed by atoms with Gasteiger partial charge in [-0.3, -0.25) is 25.1 Å². The van der Waals surface area contributed by atoms with E-state index in [1.165, 1.54) is 6.20 Å². The van der Waals surface area contributed by atoms with E-state index in [1.54, 1.807) is 29.1 Å². The van der Waals surface area contributed by atoms with E-state index in [0.29, 0.717) is 10.9 Å². The largest absolute Gasteiger partial charge is 0.360 e. The number of H-pyrrole nitrogens is 1. The van der Waals surface area contributed by atoms with Crippen LogP contribution in [0.3, 0.4) is 0 Å². The van der Waals surface area contributed by atoms with Crippen molar-refractivity contribution in [2.24, 2.45) is 0 Å². The maximum atomic E-state index is 12.3. The van der Waals surface area contributed by atoms with Gasteiger partial charge in [0.05, 0.1) is 15.4 Å². The van der Waals surface area contributed by atoms with E-state index in [9.17, 15) is 28.1 Å². The molecule has 0 spiro atoms. The third-order valence-corrected chi connectivity index (χ3v) is 4.96. The molecule has 11 heteroatoms. The smallest absolute Gasteiger partial charge is 0.307 e. The molecular formula is C16H12N4O6S. The van der Waals surface area contributed by atoms with Gasteiger partial charge in [0.15, 0.2) is 0 Å². The average Bonchev–Trinajstić information content (AvgIpc) is 3.09. The summed E-state index contributed by atoms with van der Waals surface area (Å²) in [5, 5.41) is 11.1. The number of non-ortho nitro benzene ring substituents is 1. The maximum Gasteiger partial charge on any atom is 0.307 e. The van der Waals surface area contributed by atoms with Gasteiger partial charge >= 0.3 is 5.91 Å². The molecule has 0 atom stereocenters. The Hall–Kier alpha value is -3.57. The van der Waals surface area contributed by atoms with Crippen molar-refractivity contribution in [3.05, 3.63) is 70.4 Å². The number of nitro groups is 1. The Morgan fingerprint density at radius 1 is 1.04 bits per heavy atom. The minimum atomic E-state index is -4.21. The minimum Gasteiger partial charge on any atom is -0.360 e. The lowest BCUT2D eigenvalue weighted by atomic mass is 10.1. The Labute approximate surface area is 152 Å². The fraction of sp³-hybridized carbons (Fsp3) is 0. The van der Waals surface area contributed by atoms with Crippen LogP contribution < -0.4 is 10.3 Å². The van der Waals surface area contributed by atoms with Gasteiger partial charge in [-0.25, -0.2) is 8.42 Å². The second-order valence-corrected chi connectivity index (χ2v) is 7.07. The summed E-state index contributed by atoms with van der Waals surface area (Å²) < 4.78 is 24.3. The number of hydrogen-bond donors (Lipinski definition) is 3. The van der Waals surface area contributed by atoms with E-state index in [1.807, 2.05) is 5.43 Å². The molecule has 1 aromatic heterocycles. The number of ketones is 1. The van der Waals surface area contributed by atoms with Crippen LogP contribution in [0.2, 0.25) is 0 Å². The Morgan fingerprint density at radius 3 is 2.37 bits per heavy atom. The number of nitrogens with one attached hydrogen (secondary N) is 3. The Morgan fingerprint density at radius 2 is 1.70 bits per heavy atom. The topological polar surface area (TPSA) is 151 Å². The van der Waals surface area contributed by atoms with E-state index in [-0.39, 0.29) is 16.1 Å². The number of aromatic amines is 1. The molecule has 1 heterocycles. The van der Waals surface area contributed by atoms with Crippen molar-refractivity contribution >= 4 is 38.3 Å². The SMILES string of the molecule is O=C(NNS(=O)(=O)c1ccc([N+](=O)[O-])cc1)C(=O)c1c[nH]c2ccccc12. The minimum absolute atomic E-state index is 0.0950. The molecule has 0 aliphatic carbocycles. The second kappa shape index (κ2) is 6.97. The molecular weight excluding hydrogens is 376 g/mol. The number of aromatic nitrogens is 1. The first-order valence-electron chi connectivity index (χ1n) is 7.46. The number of amides is 1. The number of carbonyl (C=O) groups is 2. The number of carbonyl (C=O) groups excluding carboxylic acids is 2. The number of para-hydroxylation sites is 1. The third kappa shape index (κ3) is 3.68. The average molecular weight is 388 g/mol. The van der Waals surface area contributed by atoms with Gasteiger partial charge in [-0.15, -0.1) is 4.83 Å². The number of hydrazine groups is 1. The molecule has 3 N–H and O–H groups in total. The molecule has 0 bridgehead atoms. The van der Waals surface area contributed by atoms with Gasteiger partial charge in [0, 0.05) is 29.2 Å². The van der Waals surface area contributed by atoms with Crippen molar-refractivity contribution in [3.8, 4) is 0 Å². The molecule has 0 radical (unpaired) electrons. The van der Waals surface area contributed by atoms with Crippen molar-refractivity contribution in [2.45, 2.75) is 4.90 Å². The predicted molar refractivity (Wildman–Crippen MR) is 94.2 cm³/mol. The molecule has 3 rings (SSSR count). The first-order chi connectivity index (χ1) is 12.8. The van der Waals surface area contributed by atoms with Gasteiger partial charge < -0.3 is 4.98 Å². The van der Waals surface area contributed by atoms with E-state index >= 15 is 0 Å². The fourth-order valence-electron chi connectivity index (χ4n) is 2.36. The quantitative estimate of drug-likeness (QED) is 0.250. The highest BCUT2D eigenvalue weighted by atomic mass is 32.2. The molecule has 10 nitrogen and oxygen atoms in total. The number of fused-ring (bicyclic) bond motifs is 1. The molecule has 0 aliphatic heterocycles. The van der Waals surface area contributed by atoms with Gasteiger partial charge in [0.25, 0.3) is 21.5 Å². The highest BCUT2D eigenvalue weighted by molar-refractivity contribution is 7.89. The predicted octanol–water partition coefficient (Wildman–Crippen LogP) is 1.27. The van der Waals surface area contributed by atoms with Gasteiger partial charge in [-0.2, -0.15) is 0 Å². The summed E-state index contributed by atoms with van der Waals surface area (Å²) in [6.45, 7) is 0. The van der Waals surface area contributed by atoms with Crippen LogP contribution in [0.4, 0.5) is 5.69 Å². The Bertz CT molecular complexity index is 1150. The molecule has 138 valence electrons. The lowest BCUT2D eigenvalue weighted by Crippen LogP contribution is -2.44. The summed E-state index contributed by atoms with van der Waals surface area (Å²) in [7, 11) is -4.21. The molecule has 0 saturated heterocycles. The fourth-order valence-corrected chi connectivity index (χ4v) is 3.20. The van der Waals surface area contributed by atoms with E-state index in [2.05, 4.69) is 4.98 Å². The summed E-state index contributed by atoms with van der Waals surface area (Å²) in [6, 6.07) is 10.9. The number of hydrogen-bond acceptors (Lipinski definition) is 6. The van der Waals surface area contributed by atoms with Crippen LogP contribution in [0.1, 0.15) is 10.4 Å². The maximum absolute atomic E-state index is 12.3. The van der Waals surface area contributed by atoms with E-state index < -0.39 is 26.6 Å². The van der Waals surface area contributed by atoms with E-state index in [0.717, 1.165) is 24.3 Å². The number of benzene rings is 2. The lowest BCUT2D eigenvalue weighted by Gasteiger charge is -2.07. The first-order valence-corrected chi connectivity index (χ1v) is 8.95. The highest BCUT2D eigenvalue weighted by Crippen LogP contribution is 2.18. The lowest BCUT2D eigenvalue weighted by molar-refractivity contribution is -0.384. The first kappa shape index (κ1) is 18.2. The van der Waals surface area contributed by atoms with Gasteiger partial charge in [0.1, 0.15) is 0 Å². The molecule has 27 heavy (non-hydrogen) atoms. The van der Waals surface area contributed by atoms with Crippen molar-refractivity contribution < 1.29 is 22.9 Å². The summed E-state index contributed by atoms with van der Waals surface area (Å²) >= 11 is 0. The van der Waals surface area contributed by atoms with Crippen LogP contribution in [0, 0.1) is 10.1 Å². The van der Waals surface area contributed by atoms with Crippen LogP contribution in [0.25, 0.3) is 10.9 Å². The molecule has 0 saturated carbocycles. The molecule has 2 aromatic carbocycles. The molecule has 0 unspecified atom stereocenters. The Kier molecular flexibility index (Phi) is 4.71. The van der Waals surface area contributed by atoms with Crippen LogP contribution >= 0.6 is 0 Å². The summed E-state index contributed by atoms with van der Waals surface area (Å²) in [5.41, 5.74) is 2.30. The summed E-state index contributed by atoms with van der Waals surface area (Å²) in [6.07, 6.45) is 1.36. The van der Waals surface area contributed by atoms with Crippen molar-refractivity contribution in [1.29, 1.82) is 0 Å². The summed E-state index contributed by atoms with van der Waals surface area (Å²) in [5.74, 6) is -2.11. The highest BCUT2D eigenvalue weighted by Gasteiger charge is 2.22. The van der Waals surface area contributed by atoms with Gasteiger partial charge in [-0.05, 0) is 18.2 Å². The van der Waals surface area contributed by atoms with Crippen molar-refractivity contribution in [1.82, 2.24) is 15.2 Å². The number of rotatable bonds is 6. The monoisotopic (exact) mass is 388 g/mol. The number of Topliss-reactive ketones (excluding diaryl/α,β-unsaturated/α-hetero) is 1. The number of nitro benzene ring substituents is 1. The van der Waals surface area contributed by atoms with Gasteiger partial charge in [0.2, 0.25) is 0 Å². The van der Waals surface area contributed by atoms with Gasteiger partial charge in [-0.1, -0.05) is 18.2 Å². The Balaban J connectivity index is 1.72. The van der Waals surface area contributed by atoms with Crippen molar-refractivity contribution in [3.63, 3.8) is 0 Å². The van der Waals surface area contributed by atoms with Crippen molar-refractivity contribution in [2.75, 3.05) is 0 Å². The summed E-state index contributed by atoms with van der Waals surface area (Å²) in [4.78, 5) is 38.5. The molecule has 3 aromatic rings. The molecule has 0 aliphatic rings. The second-order valence-electron chi connectivity index (χ2n) is 5.39. The van der Waals surface area contributed by atoms with Crippen LogP contribution in [-0.2, 0) is 14.8 Å².